The summed E-state index contributed by atoms with van der Waals surface area (Å²) in [6.07, 6.45) is 2.65. The van der Waals surface area contributed by atoms with Crippen LogP contribution in [0, 0.1) is 0 Å². The van der Waals surface area contributed by atoms with E-state index in [-0.39, 0.29) is 0 Å². The summed E-state index contributed by atoms with van der Waals surface area (Å²) in [5.74, 6) is 0. The predicted octanol–water partition coefficient (Wildman–Crippen LogP) is 0.751. The molecule has 1 rings (SSSR count). The lowest BCUT2D eigenvalue weighted by Gasteiger charge is -2.35. The quantitative estimate of drug-likeness (QED) is 0.709. The third-order valence-corrected chi connectivity index (χ3v) is 2.84. The number of piperazine rings is 1. The Bertz CT molecular complexity index is 139. The molecule has 1 aliphatic rings. The number of hydrogen-bond donors (Lipinski definition) is 1. The molecule has 1 atom stereocenters. The topological polar surface area (TPSA) is 32.5 Å². The number of nitrogens with zero attached hydrogens (tertiary/aromatic N) is 2. The van der Waals surface area contributed by atoms with Crippen molar-refractivity contribution in [2.24, 2.45) is 5.73 Å². The fourth-order valence-electron chi connectivity index (χ4n) is 1.98. The molecule has 0 spiro atoms. The van der Waals surface area contributed by atoms with Gasteiger partial charge in [-0.05, 0) is 19.9 Å². The van der Waals surface area contributed by atoms with E-state index in [4.69, 9.17) is 5.73 Å². The zero-order valence-electron chi connectivity index (χ0n) is 9.71. The molecule has 1 heterocycles. The Morgan fingerprint density at radius 3 is 2.21 bits per heavy atom. The lowest BCUT2D eigenvalue weighted by molar-refractivity contribution is 0.127. The summed E-state index contributed by atoms with van der Waals surface area (Å²) in [6.45, 7) is 11.5. The van der Waals surface area contributed by atoms with Crippen molar-refractivity contribution in [1.29, 1.82) is 0 Å². The smallest absolute Gasteiger partial charge is 0.0139 e. The average molecular weight is 199 g/mol. The van der Waals surface area contributed by atoms with Crippen LogP contribution in [0.15, 0.2) is 0 Å². The summed E-state index contributed by atoms with van der Waals surface area (Å²) in [4.78, 5) is 5.05. The summed E-state index contributed by atoms with van der Waals surface area (Å²) in [7, 11) is 0. The minimum Gasteiger partial charge on any atom is -0.327 e. The van der Waals surface area contributed by atoms with E-state index in [0.29, 0.717) is 6.04 Å². The lowest BCUT2D eigenvalue weighted by atomic mass is 10.2. The predicted molar refractivity (Wildman–Crippen MR) is 61.4 cm³/mol. The van der Waals surface area contributed by atoms with Crippen molar-refractivity contribution in [3.05, 3.63) is 0 Å². The minimum absolute atomic E-state index is 0.317. The van der Waals surface area contributed by atoms with Gasteiger partial charge < -0.3 is 10.6 Å². The normalized spacial score (nSPS) is 22.5. The molecule has 1 fully saturated rings. The summed E-state index contributed by atoms with van der Waals surface area (Å²) in [5, 5.41) is 0. The average Bonchev–Trinajstić information content (AvgIpc) is 2.16. The molecule has 0 aliphatic carbocycles. The first kappa shape index (κ1) is 12.0. The molecule has 0 amide bonds. The van der Waals surface area contributed by atoms with Gasteiger partial charge in [0, 0.05) is 38.8 Å². The molecule has 0 aromatic heterocycles. The Morgan fingerprint density at radius 2 is 1.71 bits per heavy atom. The van der Waals surface area contributed by atoms with Crippen LogP contribution in [0.2, 0.25) is 0 Å². The maximum absolute atomic E-state index is 5.78. The van der Waals surface area contributed by atoms with E-state index in [2.05, 4.69) is 23.6 Å². The Hall–Kier alpha value is -0.120. The molecule has 0 saturated carbocycles. The first-order valence-corrected chi connectivity index (χ1v) is 5.92. The van der Waals surface area contributed by atoms with Crippen LogP contribution in [0.1, 0.15) is 26.7 Å². The van der Waals surface area contributed by atoms with Crippen molar-refractivity contribution >= 4 is 0 Å². The molecule has 0 radical (unpaired) electrons. The zero-order valence-corrected chi connectivity index (χ0v) is 9.71. The van der Waals surface area contributed by atoms with Gasteiger partial charge in [-0.15, -0.1) is 0 Å². The number of hydrogen-bond acceptors (Lipinski definition) is 3. The van der Waals surface area contributed by atoms with E-state index >= 15 is 0 Å². The van der Waals surface area contributed by atoms with Gasteiger partial charge in [0.25, 0.3) is 0 Å². The first-order chi connectivity index (χ1) is 6.72. The number of rotatable bonds is 5. The highest BCUT2D eigenvalue weighted by atomic mass is 15.3. The molecule has 0 aromatic rings. The Morgan fingerprint density at radius 1 is 1.14 bits per heavy atom. The zero-order chi connectivity index (χ0) is 10.4. The maximum Gasteiger partial charge on any atom is 0.0139 e. The second kappa shape index (κ2) is 6.38. The molecule has 3 heteroatoms. The van der Waals surface area contributed by atoms with E-state index in [0.717, 1.165) is 6.54 Å². The molecule has 3 nitrogen and oxygen atoms in total. The largest absolute Gasteiger partial charge is 0.327 e. The first-order valence-electron chi connectivity index (χ1n) is 5.92. The molecule has 0 bridgehead atoms. The second-order valence-electron chi connectivity index (χ2n) is 4.47. The molecule has 2 N–H and O–H groups in total. The van der Waals surface area contributed by atoms with Crippen LogP contribution in [0.25, 0.3) is 0 Å². The van der Waals surface area contributed by atoms with Crippen LogP contribution in [-0.4, -0.2) is 55.1 Å². The molecule has 1 aliphatic heterocycles. The van der Waals surface area contributed by atoms with E-state index in [1.807, 2.05) is 0 Å². The van der Waals surface area contributed by atoms with Crippen molar-refractivity contribution < 1.29 is 0 Å². The van der Waals surface area contributed by atoms with Crippen LogP contribution in [0.3, 0.4) is 0 Å². The summed E-state index contributed by atoms with van der Waals surface area (Å²) < 4.78 is 0. The van der Waals surface area contributed by atoms with Crippen LogP contribution < -0.4 is 5.73 Å². The van der Waals surface area contributed by atoms with Gasteiger partial charge in [-0.25, -0.2) is 0 Å². The van der Waals surface area contributed by atoms with Crippen LogP contribution in [0.4, 0.5) is 0 Å². The van der Waals surface area contributed by atoms with Crippen molar-refractivity contribution in [1.82, 2.24) is 9.80 Å². The maximum atomic E-state index is 5.78. The SMILES string of the molecule is CCCCN1CCN(C[C@H](C)N)CC1. The van der Waals surface area contributed by atoms with Crippen LogP contribution in [0.5, 0.6) is 0 Å². The van der Waals surface area contributed by atoms with E-state index < -0.39 is 0 Å². The highest BCUT2D eigenvalue weighted by molar-refractivity contribution is 4.73. The molecule has 1 saturated heterocycles. The van der Waals surface area contributed by atoms with Gasteiger partial charge in [-0.2, -0.15) is 0 Å². The third-order valence-electron chi connectivity index (χ3n) is 2.84. The fourth-order valence-corrected chi connectivity index (χ4v) is 1.98. The molecular weight excluding hydrogens is 174 g/mol. The molecule has 84 valence electrons. The van der Waals surface area contributed by atoms with Crippen LogP contribution >= 0.6 is 0 Å². The molecule has 14 heavy (non-hydrogen) atoms. The molecular formula is C11H25N3. The highest BCUT2D eigenvalue weighted by Crippen LogP contribution is 2.03. The van der Waals surface area contributed by atoms with Crippen LogP contribution in [-0.2, 0) is 0 Å². The molecule has 0 aromatic carbocycles. The monoisotopic (exact) mass is 199 g/mol. The standard InChI is InChI=1S/C11H25N3/c1-3-4-5-13-6-8-14(9-7-13)10-11(2)12/h11H,3-10,12H2,1-2H3/t11-/m0/s1. The Kier molecular flexibility index (Phi) is 5.45. The van der Waals surface area contributed by atoms with Gasteiger partial charge >= 0.3 is 0 Å². The van der Waals surface area contributed by atoms with Gasteiger partial charge in [0.05, 0.1) is 0 Å². The Labute approximate surface area is 88.2 Å². The fraction of sp³-hybridized carbons (Fsp3) is 1.00. The third kappa shape index (κ3) is 4.40. The van der Waals surface area contributed by atoms with E-state index in [9.17, 15) is 0 Å². The van der Waals surface area contributed by atoms with Crippen molar-refractivity contribution in [3.8, 4) is 0 Å². The van der Waals surface area contributed by atoms with Gasteiger partial charge in [0.15, 0.2) is 0 Å². The van der Waals surface area contributed by atoms with Gasteiger partial charge in [-0.1, -0.05) is 13.3 Å². The van der Waals surface area contributed by atoms with Gasteiger partial charge in [0.1, 0.15) is 0 Å². The summed E-state index contributed by atoms with van der Waals surface area (Å²) >= 11 is 0. The van der Waals surface area contributed by atoms with E-state index in [1.165, 1.54) is 45.6 Å². The lowest BCUT2D eigenvalue weighted by Crippen LogP contribution is -2.49. The van der Waals surface area contributed by atoms with Crippen molar-refractivity contribution in [2.45, 2.75) is 32.7 Å². The van der Waals surface area contributed by atoms with E-state index in [1.54, 1.807) is 0 Å². The highest BCUT2D eigenvalue weighted by Gasteiger charge is 2.16. The van der Waals surface area contributed by atoms with Crippen molar-refractivity contribution in [2.75, 3.05) is 39.3 Å². The number of unbranched alkanes of at least 4 members (excludes halogenated alkanes) is 1. The second-order valence-corrected chi connectivity index (χ2v) is 4.47. The molecule has 0 unspecified atom stereocenters. The number of nitrogens with two attached hydrogens (primary N) is 1. The minimum atomic E-state index is 0.317. The van der Waals surface area contributed by atoms with Crippen molar-refractivity contribution in [3.63, 3.8) is 0 Å². The summed E-state index contributed by atoms with van der Waals surface area (Å²) in [6, 6.07) is 0.317. The summed E-state index contributed by atoms with van der Waals surface area (Å²) in [5.41, 5.74) is 5.78. The van der Waals surface area contributed by atoms with Gasteiger partial charge in [0.2, 0.25) is 0 Å². The van der Waals surface area contributed by atoms with Gasteiger partial charge in [-0.3, -0.25) is 4.90 Å². The Balaban J connectivity index is 2.11.